The number of benzene rings is 2. The lowest BCUT2D eigenvalue weighted by atomic mass is 10.1. The van der Waals surface area contributed by atoms with Crippen molar-refractivity contribution in [3.05, 3.63) is 69.8 Å². The smallest absolute Gasteiger partial charge is 0.271 e. The number of carbonyl (C=O) groups is 1. The van der Waals surface area contributed by atoms with Crippen molar-refractivity contribution in [3.8, 4) is 5.75 Å². The van der Waals surface area contributed by atoms with E-state index in [1.165, 1.54) is 25.3 Å². The fraction of sp³-hybridized carbons (Fsp3) is 0.118. The van der Waals surface area contributed by atoms with E-state index in [1.54, 1.807) is 13.0 Å². The molecule has 0 atom stereocenters. The molecule has 2 rings (SSSR count). The van der Waals surface area contributed by atoms with Crippen molar-refractivity contribution in [2.75, 3.05) is 12.4 Å². The largest absolute Gasteiger partial charge is 0.495 e. The molecule has 1 amide bonds. The van der Waals surface area contributed by atoms with Gasteiger partial charge in [-0.2, -0.15) is 0 Å². The number of ether oxygens (including phenoxy) is 1. The Bertz CT molecular complexity index is 754. The molecule has 2 aromatic rings. The standard InChI is InChI=1S/C17H16N2O4/c1-12(10-13-6-4-3-5-7-13)17(20)18-15-11-14(19(21)22)8-9-16(15)23-2/h3-11H,1-2H3,(H,18,20). The first kappa shape index (κ1) is 16.2. The van der Waals surface area contributed by atoms with Gasteiger partial charge in [-0.3, -0.25) is 14.9 Å². The number of anilines is 1. The average Bonchev–Trinajstić information content (AvgIpc) is 2.55. The van der Waals surface area contributed by atoms with E-state index < -0.39 is 4.92 Å². The molecule has 118 valence electrons. The minimum Gasteiger partial charge on any atom is -0.495 e. The molecule has 0 spiro atoms. The quantitative estimate of drug-likeness (QED) is 0.519. The van der Waals surface area contributed by atoms with Crippen LogP contribution in [0.1, 0.15) is 12.5 Å². The Morgan fingerprint density at radius 2 is 1.91 bits per heavy atom. The van der Waals surface area contributed by atoms with Crippen molar-refractivity contribution < 1.29 is 14.5 Å². The van der Waals surface area contributed by atoms with Crippen LogP contribution in [0.15, 0.2) is 54.1 Å². The van der Waals surface area contributed by atoms with Crippen LogP contribution < -0.4 is 10.1 Å². The predicted molar refractivity (Wildman–Crippen MR) is 88.4 cm³/mol. The molecule has 6 nitrogen and oxygen atoms in total. The summed E-state index contributed by atoms with van der Waals surface area (Å²) in [5.74, 6) is 0.00381. The van der Waals surface area contributed by atoms with E-state index in [1.807, 2.05) is 30.3 Å². The first-order valence-electron chi connectivity index (χ1n) is 6.88. The Hall–Kier alpha value is -3.15. The van der Waals surface area contributed by atoms with Gasteiger partial charge in [-0.25, -0.2) is 0 Å². The van der Waals surface area contributed by atoms with Crippen molar-refractivity contribution in [1.29, 1.82) is 0 Å². The van der Waals surface area contributed by atoms with E-state index in [-0.39, 0.29) is 17.3 Å². The van der Waals surface area contributed by atoms with Gasteiger partial charge in [-0.1, -0.05) is 30.3 Å². The highest BCUT2D eigenvalue weighted by atomic mass is 16.6. The third-order valence-electron chi connectivity index (χ3n) is 3.18. The lowest BCUT2D eigenvalue weighted by molar-refractivity contribution is -0.384. The van der Waals surface area contributed by atoms with Crippen LogP contribution in [-0.2, 0) is 4.79 Å². The molecule has 0 bridgehead atoms. The van der Waals surface area contributed by atoms with Crippen LogP contribution in [0.3, 0.4) is 0 Å². The highest BCUT2D eigenvalue weighted by Crippen LogP contribution is 2.29. The molecule has 0 fully saturated rings. The fourth-order valence-electron chi connectivity index (χ4n) is 1.99. The third-order valence-corrected chi connectivity index (χ3v) is 3.18. The van der Waals surface area contributed by atoms with Gasteiger partial charge in [0.15, 0.2) is 0 Å². The van der Waals surface area contributed by atoms with Crippen molar-refractivity contribution in [1.82, 2.24) is 0 Å². The first-order chi connectivity index (χ1) is 11.0. The SMILES string of the molecule is COc1ccc([N+](=O)[O-])cc1NC(=O)C(C)=Cc1ccccc1. The summed E-state index contributed by atoms with van der Waals surface area (Å²) in [6, 6.07) is 13.4. The second kappa shape index (κ2) is 7.22. The van der Waals surface area contributed by atoms with Gasteiger partial charge in [-0.15, -0.1) is 0 Å². The van der Waals surface area contributed by atoms with E-state index >= 15 is 0 Å². The van der Waals surface area contributed by atoms with Crippen molar-refractivity contribution in [2.45, 2.75) is 6.92 Å². The van der Waals surface area contributed by atoms with E-state index in [9.17, 15) is 14.9 Å². The zero-order valence-corrected chi connectivity index (χ0v) is 12.8. The van der Waals surface area contributed by atoms with Gasteiger partial charge < -0.3 is 10.1 Å². The summed E-state index contributed by atoms with van der Waals surface area (Å²) < 4.78 is 5.12. The number of methoxy groups -OCH3 is 1. The van der Waals surface area contributed by atoms with Crippen molar-refractivity contribution in [3.63, 3.8) is 0 Å². The Morgan fingerprint density at radius 3 is 2.52 bits per heavy atom. The van der Waals surface area contributed by atoms with E-state index in [0.717, 1.165) is 5.56 Å². The predicted octanol–water partition coefficient (Wildman–Crippen LogP) is 3.65. The fourth-order valence-corrected chi connectivity index (χ4v) is 1.99. The van der Waals surface area contributed by atoms with E-state index in [4.69, 9.17) is 4.74 Å². The molecular formula is C17H16N2O4. The topological polar surface area (TPSA) is 81.5 Å². The lowest BCUT2D eigenvalue weighted by Crippen LogP contribution is -2.13. The minimum atomic E-state index is -0.526. The molecule has 0 aliphatic heterocycles. The molecule has 0 aliphatic rings. The lowest BCUT2D eigenvalue weighted by Gasteiger charge is -2.10. The molecule has 0 saturated carbocycles. The highest BCUT2D eigenvalue weighted by molar-refractivity contribution is 6.07. The molecule has 0 aromatic heterocycles. The van der Waals surface area contributed by atoms with Crippen LogP contribution >= 0.6 is 0 Å². The molecule has 0 unspecified atom stereocenters. The summed E-state index contributed by atoms with van der Waals surface area (Å²) in [4.78, 5) is 22.6. The van der Waals surface area contributed by atoms with Gasteiger partial charge in [0.2, 0.25) is 0 Å². The van der Waals surface area contributed by atoms with Crippen LogP contribution in [0.4, 0.5) is 11.4 Å². The van der Waals surface area contributed by atoms with Gasteiger partial charge in [-0.05, 0) is 24.6 Å². The Balaban J connectivity index is 2.24. The van der Waals surface area contributed by atoms with Gasteiger partial charge >= 0.3 is 0 Å². The number of nitrogens with zero attached hydrogens (tertiary/aromatic N) is 1. The second-order valence-electron chi connectivity index (χ2n) is 4.83. The normalized spacial score (nSPS) is 11.0. The third kappa shape index (κ3) is 4.16. The molecule has 0 aliphatic carbocycles. The Morgan fingerprint density at radius 1 is 1.22 bits per heavy atom. The number of rotatable bonds is 5. The van der Waals surface area contributed by atoms with E-state index in [0.29, 0.717) is 11.3 Å². The number of non-ortho nitro benzene ring substituents is 1. The maximum absolute atomic E-state index is 12.3. The zero-order valence-electron chi connectivity index (χ0n) is 12.8. The van der Waals surface area contributed by atoms with Crippen LogP contribution in [0.5, 0.6) is 5.75 Å². The first-order valence-corrected chi connectivity index (χ1v) is 6.88. The van der Waals surface area contributed by atoms with Crippen LogP contribution in [0, 0.1) is 10.1 Å². The molecule has 6 heteroatoms. The maximum Gasteiger partial charge on any atom is 0.271 e. The number of hydrogen-bond acceptors (Lipinski definition) is 4. The Labute approximate surface area is 133 Å². The van der Waals surface area contributed by atoms with Gasteiger partial charge in [0.05, 0.1) is 17.7 Å². The highest BCUT2D eigenvalue weighted by Gasteiger charge is 2.14. The number of nitro groups is 1. The summed E-state index contributed by atoms with van der Waals surface area (Å²) in [5.41, 5.74) is 1.51. The number of nitro benzene ring substituents is 1. The molecule has 0 heterocycles. The molecule has 1 N–H and O–H groups in total. The van der Waals surface area contributed by atoms with Crippen LogP contribution in [-0.4, -0.2) is 17.9 Å². The number of carbonyl (C=O) groups excluding carboxylic acids is 1. The number of amides is 1. The zero-order chi connectivity index (χ0) is 16.8. The van der Waals surface area contributed by atoms with Gasteiger partial charge in [0, 0.05) is 17.7 Å². The molecule has 2 aromatic carbocycles. The average molecular weight is 312 g/mol. The summed E-state index contributed by atoms with van der Waals surface area (Å²) in [5, 5.41) is 13.5. The summed E-state index contributed by atoms with van der Waals surface area (Å²) in [6.07, 6.45) is 1.74. The number of nitrogens with one attached hydrogen (secondary N) is 1. The number of hydrogen-bond donors (Lipinski definition) is 1. The molecule has 0 saturated heterocycles. The summed E-state index contributed by atoms with van der Waals surface area (Å²) in [6.45, 7) is 1.67. The van der Waals surface area contributed by atoms with Gasteiger partial charge in [0.25, 0.3) is 11.6 Å². The maximum atomic E-state index is 12.3. The summed E-state index contributed by atoms with van der Waals surface area (Å²) >= 11 is 0. The van der Waals surface area contributed by atoms with Gasteiger partial charge in [0.1, 0.15) is 5.75 Å². The van der Waals surface area contributed by atoms with Crippen molar-refractivity contribution in [2.24, 2.45) is 0 Å². The van der Waals surface area contributed by atoms with Crippen LogP contribution in [0.2, 0.25) is 0 Å². The molecule has 0 radical (unpaired) electrons. The monoisotopic (exact) mass is 312 g/mol. The van der Waals surface area contributed by atoms with Crippen molar-refractivity contribution >= 4 is 23.4 Å². The minimum absolute atomic E-state index is 0.120. The van der Waals surface area contributed by atoms with E-state index in [2.05, 4.69) is 5.32 Å². The van der Waals surface area contributed by atoms with Crippen LogP contribution in [0.25, 0.3) is 6.08 Å². The Kier molecular flexibility index (Phi) is 5.09. The molecular weight excluding hydrogens is 296 g/mol. The second-order valence-corrected chi connectivity index (χ2v) is 4.83. The molecule has 23 heavy (non-hydrogen) atoms. The summed E-state index contributed by atoms with van der Waals surface area (Å²) in [7, 11) is 1.43.